The summed E-state index contributed by atoms with van der Waals surface area (Å²) in [6, 6.07) is 19.3. The number of ketones is 1. The second-order valence-electron chi connectivity index (χ2n) is 7.94. The van der Waals surface area contributed by atoms with Crippen molar-refractivity contribution in [1.82, 2.24) is 5.16 Å². The van der Waals surface area contributed by atoms with E-state index in [1.54, 1.807) is 43.3 Å². The van der Waals surface area contributed by atoms with Crippen molar-refractivity contribution in [2.75, 3.05) is 5.32 Å². The van der Waals surface area contributed by atoms with Crippen LogP contribution in [0.15, 0.2) is 71.3 Å². The third kappa shape index (κ3) is 5.02. The zero-order valence-electron chi connectivity index (χ0n) is 19.0. The molecule has 172 valence electrons. The van der Waals surface area contributed by atoms with E-state index in [0.717, 1.165) is 11.1 Å². The van der Waals surface area contributed by atoms with Crippen LogP contribution in [0, 0.1) is 20.8 Å². The van der Waals surface area contributed by atoms with E-state index >= 15 is 0 Å². The van der Waals surface area contributed by atoms with Gasteiger partial charge in [0.05, 0.1) is 11.3 Å². The molecule has 1 heterocycles. The number of benzene rings is 3. The van der Waals surface area contributed by atoms with Gasteiger partial charge in [-0.2, -0.15) is 0 Å². The van der Waals surface area contributed by atoms with Gasteiger partial charge in [0.15, 0.2) is 11.5 Å². The van der Waals surface area contributed by atoms with E-state index in [1.807, 2.05) is 38.1 Å². The lowest BCUT2D eigenvalue weighted by molar-refractivity contribution is 0.101. The molecule has 1 aromatic heterocycles. The Morgan fingerprint density at radius 3 is 2.47 bits per heavy atom. The Kier molecular flexibility index (Phi) is 6.80. The summed E-state index contributed by atoms with van der Waals surface area (Å²) < 4.78 is 11.2. The van der Waals surface area contributed by atoms with Crippen molar-refractivity contribution in [2.24, 2.45) is 0 Å². The smallest absolute Gasteiger partial charge is 0.278 e. The summed E-state index contributed by atoms with van der Waals surface area (Å²) in [5.74, 6) is 0.391. The number of hydrogen-bond donors (Lipinski definition) is 1. The second-order valence-corrected chi connectivity index (χ2v) is 8.38. The molecule has 0 saturated carbocycles. The van der Waals surface area contributed by atoms with Gasteiger partial charge in [0, 0.05) is 16.1 Å². The van der Waals surface area contributed by atoms with Crippen molar-refractivity contribution in [3.8, 4) is 5.75 Å². The van der Waals surface area contributed by atoms with E-state index in [1.165, 1.54) is 6.07 Å². The molecule has 4 aromatic rings. The number of anilines is 1. The number of halogens is 1. The molecule has 0 fully saturated rings. The first-order chi connectivity index (χ1) is 16.3. The summed E-state index contributed by atoms with van der Waals surface area (Å²) in [6.07, 6.45) is 0. The van der Waals surface area contributed by atoms with E-state index in [0.29, 0.717) is 33.3 Å². The maximum Gasteiger partial charge on any atom is 0.278 e. The Morgan fingerprint density at radius 1 is 0.971 bits per heavy atom. The predicted octanol–water partition coefficient (Wildman–Crippen LogP) is 6.32. The Bertz CT molecular complexity index is 1360. The lowest BCUT2D eigenvalue weighted by Crippen LogP contribution is -2.18. The minimum absolute atomic E-state index is 0.0920. The van der Waals surface area contributed by atoms with Crippen molar-refractivity contribution in [1.29, 1.82) is 0 Å². The summed E-state index contributed by atoms with van der Waals surface area (Å²) in [7, 11) is 0. The Morgan fingerprint density at radius 2 is 1.74 bits per heavy atom. The zero-order chi connectivity index (χ0) is 24.2. The van der Waals surface area contributed by atoms with Crippen LogP contribution in [0.2, 0.25) is 5.02 Å². The molecule has 0 aliphatic heterocycles. The number of nitrogens with one attached hydrogen (secondary N) is 1. The summed E-state index contributed by atoms with van der Waals surface area (Å²) >= 11 is 6.14. The first-order valence-corrected chi connectivity index (χ1v) is 11.1. The maximum absolute atomic E-state index is 13.1. The van der Waals surface area contributed by atoms with E-state index in [4.69, 9.17) is 20.9 Å². The first kappa shape index (κ1) is 23.3. The van der Waals surface area contributed by atoms with Crippen LogP contribution >= 0.6 is 11.6 Å². The Hall–Kier alpha value is -3.90. The highest BCUT2D eigenvalue weighted by atomic mass is 35.5. The number of rotatable bonds is 7. The molecule has 0 saturated heterocycles. The quantitative estimate of drug-likeness (QED) is 0.317. The van der Waals surface area contributed by atoms with E-state index in [-0.39, 0.29) is 23.6 Å². The van der Waals surface area contributed by atoms with Crippen molar-refractivity contribution >= 4 is 29.0 Å². The van der Waals surface area contributed by atoms with Crippen LogP contribution in [0.25, 0.3) is 0 Å². The Balaban J connectivity index is 1.57. The summed E-state index contributed by atoms with van der Waals surface area (Å²) in [4.78, 5) is 26.2. The molecule has 0 atom stereocenters. The normalized spacial score (nSPS) is 10.7. The number of hydrogen-bond acceptors (Lipinski definition) is 5. The lowest BCUT2D eigenvalue weighted by atomic mass is 10.0. The van der Waals surface area contributed by atoms with Crippen LogP contribution in [-0.4, -0.2) is 16.8 Å². The molecule has 0 unspecified atom stereocenters. The third-order valence-electron chi connectivity index (χ3n) is 5.57. The number of nitrogens with zero attached hydrogens (tertiary/aromatic N) is 1. The topological polar surface area (TPSA) is 81.4 Å². The number of amides is 1. The largest absolute Gasteiger partial charge is 0.489 e. The molecule has 0 spiro atoms. The number of aryl methyl sites for hydroxylation is 3. The SMILES string of the molecule is Cc1ccc(OCc2c(C(=O)Nc3ccc(Cl)cc3C(=O)c3ccccc3)noc2C)cc1C. The predicted molar refractivity (Wildman–Crippen MR) is 131 cm³/mol. The van der Waals surface area contributed by atoms with E-state index < -0.39 is 5.91 Å². The van der Waals surface area contributed by atoms with Gasteiger partial charge in [-0.15, -0.1) is 0 Å². The highest BCUT2D eigenvalue weighted by Crippen LogP contribution is 2.26. The van der Waals surface area contributed by atoms with Crippen LogP contribution in [0.4, 0.5) is 5.69 Å². The van der Waals surface area contributed by atoms with Gasteiger partial charge in [0.1, 0.15) is 18.1 Å². The minimum Gasteiger partial charge on any atom is -0.489 e. The van der Waals surface area contributed by atoms with Gasteiger partial charge in [0.2, 0.25) is 0 Å². The van der Waals surface area contributed by atoms with Gasteiger partial charge in [-0.1, -0.05) is 53.2 Å². The maximum atomic E-state index is 13.1. The van der Waals surface area contributed by atoms with Crippen LogP contribution in [-0.2, 0) is 6.61 Å². The molecule has 4 rings (SSSR count). The van der Waals surface area contributed by atoms with Crippen molar-refractivity contribution in [3.05, 3.63) is 111 Å². The van der Waals surface area contributed by atoms with Crippen molar-refractivity contribution in [2.45, 2.75) is 27.4 Å². The van der Waals surface area contributed by atoms with E-state index in [9.17, 15) is 9.59 Å². The standard InChI is InChI=1S/C27H23ClN2O4/c1-16-9-11-21(13-17(16)2)33-15-23-18(3)34-30-25(23)27(32)29-24-12-10-20(28)14-22(24)26(31)19-7-5-4-6-8-19/h4-14H,15H2,1-3H3,(H,29,32). The number of aromatic nitrogens is 1. The molecule has 6 nitrogen and oxygen atoms in total. The fraction of sp³-hybridized carbons (Fsp3) is 0.148. The average molecular weight is 475 g/mol. The molecular weight excluding hydrogens is 452 g/mol. The van der Waals surface area contributed by atoms with Gasteiger partial charge in [-0.25, -0.2) is 0 Å². The molecular formula is C27H23ClN2O4. The van der Waals surface area contributed by atoms with Gasteiger partial charge < -0.3 is 14.6 Å². The van der Waals surface area contributed by atoms with Crippen LogP contribution < -0.4 is 10.1 Å². The fourth-order valence-electron chi connectivity index (χ4n) is 3.44. The molecule has 34 heavy (non-hydrogen) atoms. The van der Waals surface area contributed by atoms with Crippen LogP contribution in [0.3, 0.4) is 0 Å². The average Bonchev–Trinajstić information content (AvgIpc) is 3.21. The molecule has 0 aliphatic rings. The minimum atomic E-state index is -0.514. The van der Waals surface area contributed by atoms with Crippen LogP contribution in [0.1, 0.15) is 48.9 Å². The number of carbonyl (C=O) groups excluding carboxylic acids is 2. The molecule has 3 aromatic carbocycles. The lowest BCUT2D eigenvalue weighted by Gasteiger charge is -2.12. The van der Waals surface area contributed by atoms with Gasteiger partial charge in [-0.3, -0.25) is 9.59 Å². The summed E-state index contributed by atoms with van der Waals surface area (Å²) in [5, 5.41) is 7.09. The molecule has 7 heteroatoms. The van der Waals surface area contributed by atoms with Gasteiger partial charge in [-0.05, 0) is 62.2 Å². The van der Waals surface area contributed by atoms with Gasteiger partial charge >= 0.3 is 0 Å². The number of ether oxygens (including phenoxy) is 1. The molecule has 1 N–H and O–H groups in total. The van der Waals surface area contributed by atoms with Crippen LogP contribution in [0.5, 0.6) is 5.75 Å². The molecule has 0 aliphatic carbocycles. The zero-order valence-corrected chi connectivity index (χ0v) is 19.8. The second kappa shape index (κ2) is 9.93. The Labute approximate surface area is 202 Å². The highest BCUT2D eigenvalue weighted by molar-refractivity contribution is 6.31. The molecule has 1 amide bonds. The summed E-state index contributed by atoms with van der Waals surface area (Å²) in [6.45, 7) is 5.86. The first-order valence-electron chi connectivity index (χ1n) is 10.7. The van der Waals surface area contributed by atoms with E-state index in [2.05, 4.69) is 10.5 Å². The van der Waals surface area contributed by atoms with Crippen molar-refractivity contribution < 1.29 is 18.8 Å². The monoisotopic (exact) mass is 474 g/mol. The molecule has 0 radical (unpaired) electrons. The number of carbonyl (C=O) groups is 2. The van der Waals surface area contributed by atoms with Crippen molar-refractivity contribution in [3.63, 3.8) is 0 Å². The summed E-state index contributed by atoms with van der Waals surface area (Å²) in [5.41, 5.74) is 3.98. The third-order valence-corrected chi connectivity index (χ3v) is 5.81. The highest BCUT2D eigenvalue weighted by Gasteiger charge is 2.23. The fourth-order valence-corrected chi connectivity index (χ4v) is 3.61. The van der Waals surface area contributed by atoms with Gasteiger partial charge in [0.25, 0.3) is 5.91 Å². The molecule has 0 bridgehead atoms.